The molecule has 0 saturated carbocycles. The number of piperazine rings is 1. The van der Waals surface area contributed by atoms with Crippen molar-refractivity contribution < 1.29 is 14.4 Å². The van der Waals surface area contributed by atoms with Gasteiger partial charge in [-0.15, -0.1) is 0 Å². The number of nitrogens with two attached hydrogens (primary N) is 1. The average molecular weight is 227 g/mol. The number of hydrogen-bond acceptors (Lipinski definition) is 4. The van der Waals surface area contributed by atoms with E-state index in [0.29, 0.717) is 12.8 Å². The number of carbonyl (C=O) groups excluding carboxylic acids is 3. The van der Waals surface area contributed by atoms with Gasteiger partial charge in [0.15, 0.2) is 0 Å². The molecule has 2 atom stereocenters. The minimum Gasteiger partial charge on any atom is -0.320 e. The summed E-state index contributed by atoms with van der Waals surface area (Å²) < 4.78 is 0. The van der Waals surface area contributed by atoms with Gasteiger partial charge in [0.05, 0.1) is 6.04 Å². The Morgan fingerprint density at radius 1 is 1.56 bits per heavy atom. The predicted molar refractivity (Wildman–Crippen MR) is 57.2 cm³/mol. The molecule has 0 aromatic rings. The fraction of sp³-hybridized carbons (Fsp3) is 0.700. The van der Waals surface area contributed by atoms with Crippen LogP contribution in [0.5, 0.6) is 0 Å². The van der Waals surface area contributed by atoms with Gasteiger partial charge in [-0.3, -0.25) is 19.7 Å². The molecule has 0 radical (unpaired) electrons. The van der Waals surface area contributed by atoms with Crippen LogP contribution in [0.3, 0.4) is 0 Å². The van der Waals surface area contributed by atoms with Crippen LogP contribution in [0.15, 0.2) is 0 Å². The molecular formula is C10H17N3O3. The van der Waals surface area contributed by atoms with Gasteiger partial charge in [-0.05, 0) is 12.8 Å². The van der Waals surface area contributed by atoms with E-state index in [2.05, 4.69) is 5.32 Å². The van der Waals surface area contributed by atoms with E-state index in [1.165, 1.54) is 4.90 Å². The van der Waals surface area contributed by atoms with E-state index in [4.69, 9.17) is 5.73 Å². The monoisotopic (exact) mass is 227 g/mol. The second kappa shape index (κ2) is 5.07. The van der Waals surface area contributed by atoms with Crippen molar-refractivity contribution in [2.45, 2.75) is 38.8 Å². The molecule has 0 aromatic heterocycles. The molecule has 3 N–H and O–H groups in total. The maximum atomic E-state index is 11.9. The van der Waals surface area contributed by atoms with E-state index in [-0.39, 0.29) is 12.5 Å². The fourth-order valence-electron chi connectivity index (χ4n) is 1.69. The molecule has 16 heavy (non-hydrogen) atoms. The largest absolute Gasteiger partial charge is 0.320 e. The Balaban J connectivity index is 2.86. The van der Waals surface area contributed by atoms with Gasteiger partial charge in [0.2, 0.25) is 17.7 Å². The summed E-state index contributed by atoms with van der Waals surface area (Å²) in [5, 5.41) is 2.21. The Morgan fingerprint density at radius 2 is 2.19 bits per heavy atom. The molecule has 1 aliphatic heterocycles. The van der Waals surface area contributed by atoms with Crippen LogP contribution in [0.1, 0.15) is 26.7 Å². The number of rotatable bonds is 3. The lowest BCUT2D eigenvalue weighted by atomic mass is 10.1. The lowest BCUT2D eigenvalue weighted by molar-refractivity contribution is -0.150. The molecule has 0 spiro atoms. The highest BCUT2D eigenvalue weighted by Crippen LogP contribution is 2.11. The fourth-order valence-corrected chi connectivity index (χ4v) is 1.69. The zero-order valence-electron chi connectivity index (χ0n) is 9.53. The van der Waals surface area contributed by atoms with Crippen molar-refractivity contribution in [1.29, 1.82) is 0 Å². The van der Waals surface area contributed by atoms with Crippen LogP contribution in [0.2, 0.25) is 0 Å². The van der Waals surface area contributed by atoms with E-state index in [9.17, 15) is 14.4 Å². The van der Waals surface area contributed by atoms with E-state index >= 15 is 0 Å². The van der Waals surface area contributed by atoms with Crippen molar-refractivity contribution in [2.75, 3.05) is 6.54 Å². The van der Waals surface area contributed by atoms with E-state index in [1.54, 1.807) is 13.8 Å². The minimum absolute atomic E-state index is 0.0865. The second-order valence-corrected chi connectivity index (χ2v) is 3.82. The van der Waals surface area contributed by atoms with Crippen LogP contribution < -0.4 is 11.1 Å². The summed E-state index contributed by atoms with van der Waals surface area (Å²) in [7, 11) is 0. The van der Waals surface area contributed by atoms with Gasteiger partial charge in [-0.1, -0.05) is 13.8 Å². The van der Waals surface area contributed by atoms with Crippen molar-refractivity contribution in [3.8, 4) is 0 Å². The van der Waals surface area contributed by atoms with Crippen LogP contribution in [0, 0.1) is 0 Å². The smallest absolute Gasteiger partial charge is 0.249 e. The average Bonchev–Trinajstić information content (AvgIpc) is 2.26. The van der Waals surface area contributed by atoms with Crippen molar-refractivity contribution in [3.05, 3.63) is 0 Å². The van der Waals surface area contributed by atoms with Crippen molar-refractivity contribution in [3.63, 3.8) is 0 Å². The molecule has 1 aliphatic rings. The molecule has 6 nitrogen and oxygen atoms in total. The number of nitrogens with zero attached hydrogens (tertiary/aromatic N) is 1. The van der Waals surface area contributed by atoms with Crippen molar-refractivity contribution >= 4 is 17.7 Å². The van der Waals surface area contributed by atoms with Crippen LogP contribution in [0.25, 0.3) is 0 Å². The van der Waals surface area contributed by atoms with Crippen molar-refractivity contribution in [2.24, 2.45) is 5.73 Å². The lowest BCUT2D eigenvalue weighted by Crippen LogP contribution is -2.62. The first-order valence-electron chi connectivity index (χ1n) is 5.41. The van der Waals surface area contributed by atoms with E-state index < -0.39 is 23.9 Å². The summed E-state index contributed by atoms with van der Waals surface area (Å²) in [4.78, 5) is 35.8. The lowest BCUT2D eigenvalue weighted by Gasteiger charge is -2.34. The van der Waals surface area contributed by atoms with Crippen LogP contribution in [-0.4, -0.2) is 41.2 Å². The maximum absolute atomic E-state index is 11.9. The zero-order valence-corrected chi connectivity index (χ0v) is 9.53. The quantitative estimate of drug-likeness (QED) is 0.604. The van der Waals surface area contributed by atoms with Gasteiger partial charge >= 0.3 is 0 Å². The number of imide groups is 1. The Labute approximate surface area is 94.2 Å². The highest BCUT2D eigenvalue weighted by Gasteiger charge is 2.36. The molecule has 0 aromatic carbocycles. The van der Waals surface area contributed by atoms with E-state index in [0.717, 1.165) is 0 Å². The summed E-state index contributed by atoms with van der Waals surface area (Å²) in [6.07, 6.45) is 0.961. The Kier molecular flexibility index (Phi) is 4.00. The normalized spacial score (nSPS) is 22.9. The first kappa shape index (κ1) is 12.6. The summed E-state index contributed by atoms with van der Waals surface area (Å²) in [5.74, 6) is -1.21. The Hall–Kier alpha value is -1.43. The SMILES string of the molecule is CCC1C(=O)NC(=O)CN1C(=O)[C@H](N)CC. The molecule has 3 amide bonds. The summed E-state index contributed by atoms with van der Waals surface area (Å²) in [6, 6.07) is -1.23. The van der Waals surface area contributed by atoms with Gasteiger partial charge in [0, 0.05) is 0 Å². The van der Waals surface area contributed by atoms with Crippen LogP contribution in [-0.2, 0) is 14.4 Å². The molecule has 1 fully saturated rings. The first-order valence-corrected chi connectivity index (χ1v) is 5.41. The Morgan fingerprint density at radius 3 is 2.69 bits per heavy atom. The van der Waals surface area contributed by atoms with Gasteiger partial charge in [0.25, 0.3) is 0 Å². The van der Waals surface area contributed by atoms with Crippen molar-refractivity contribution in [1.82, 2.24) is 10.2 Å². The summed E-state index contributed by atoms with van der Waals surface area (Å²) >= 11 is 0. The molecule has 1 unspecified atom stereocenters. The molecule has 0 aliphatic carbocycles. The predicted octanol–water partition coefficient (Wildman–Crippen LogP) is -1.01. The third-order valence-electron chi connectivity index (χ3n) is 2.68. The van der Waals surface area contributed by atoms with E-state index in [1.807, 2.05) is 0 Å². The van der Waals surface area contributed by atoms with Crippen LogP contribution >= 0.6 is 0 Å². The molecule has 1 rings (SSSR count). The van der Waals surface area contributed by atoms with Gasteiger partial charge in [-0.2, -0.15) is 0 Å². The zero-order chi connectivity index (χ0) is 12.3. The highest BCUT2D eigenvalue weighted by atomic mass is 16.2. The van der Waals surface area contributed by atoms with Crippen LogP contribution in [0.4, 0.5) is 0 Å². The molecule has 1 saturated heterocycles. The van der Waals surface area contributed by atoms with Gasteiger partial charge < -0.3 is 10.6 Å². The summed E-state index contributed by atoms with van der Waals surface area (Å²) in [5.41, 5.74) is 5.62. The number of nitrogens with one attached hydrogen (secondary N) is 1. The maximum Gasteiger partial charge on any atom is 0.249 e. The van der Waals surface area contributed by atoms with Gasteiger partial charge in [0.1, 0.15) is 12.6 Å². The molecule has 6 heteroatoms. The standard InChI is InChI=1S/C10H17N3O3/c1-3-6(11)10(16)13-5-8(14)12-9(15)7(13)4-2/h6-7H,3-5,11H2,1-2H3,(H,12,14,15)/t6-,7?/m1/s1. The Bertz CT molecular complexity index is 316. The topological polar surface area (TPSA) is 92.5 Å². The molecular weight excluding hydrogens is 210 g/mol. The van der Waals surface area contributed by atoms with Gasteiger partial charge in [-0.25, -0.2) is 0 Å². The number of hydrogen-bond donors (Lipinski definition) is 2. The molecule has 1 heterocycles. The third-order valence-corrected chi connectivity index (χ3v) is 2.68. The number of carbonyl (C=O) groups is 3. The molecule has 0 bridgehead atoms. The first-order chi connectivity index (χ1) is 7.51. The minimum atomic E-state index is -0.646. The second-order valence-electron chi connectivity index (χ2n) is 3.82. The summed E-state index contributed by atoms with van der Waals surface area (Å²) in [6.45, 7) is 3.49. The highest BCUT2D eigenvalue weighted by molar-refractivity contribution is 6.04. The third kappa shape index (κ3) is 2.38. The molecule has 90 valence electrons. The number of amides is 3.